The average molecular weight is 322 g/mol. The first-order valence-corrected chi connectivity index (χ1v) is 7.67. The lowest BCUT2D eigenvalue weighted by atomic mass is 9.95. The van der Waals surface area contributed by atoms with Crippen molar-refractivity contribution >= 4 is 5.91 Å². The highest BCUT2D eigenvalue weighted by Gasteiger charge is 2.26. The quantitative estimate of drug-likeness (QED) is 0.756. The van der Waals surface area contributed by atoms with Gasteiger partial charge in [-0.25, -0.2) is 0 Å². The van der Waals surface area contributed by atoms with Gasteiger partial charge in [-0.15, -0.1) is 0 Å². The van der Waals surface area contributed by atoms with E-state index in [0.717, 1.165) is 11.1 Å². The van der Waals surface area contributed by atoms with Gasteiger partial charge in [0.05, 0.1) is 11.7 Å². The Labute approximate surface area is 139 Å². The lowest BCUT2D eigenvalue weighted by Crippen LogP contribution is -2.32. The fourth-order valence-corrected chi connectivity index (χ4v) is 2.53. The molecule has 2 atom stereocenters. The second kappa shape index (κ2) is 7.10. The number of aromatic nitrogens is 1. The van der Waals surface area contributed by atoms with Crippen molar-refractivity contribution in [2.75, 3.05) is 0 Å². The van der Waals surface area contributed by atoms with Crippen LogP contribution >= 0.6 is 0 Å². The standard InChI is InChI=1S/C19H18N2O3/c1-13-12-16(24-21-13)19(23)20-17(14-8-4-2-5-9-14)18(22)15-10-6-3-7-11-15/h2-12,17-18,22H,1H3,(H,20,23)/t17-,18+/m0/s1. The summed E-state index contributed by atoms with van der Waals surface area (Å²) in [5.74, 6) is -0.298. The largest absolute Gasteiger partial charge is 0.386 e. The SMILES string of the molecule is Cc1cc(C(=O)N[C@@H](c2ccccc2)[C@H](O)c2ccccc2)on1. The molecule has 0 spiro atoms. The number of amides is 1. The van der Waals surface area contributed by atoms with Gasteiger partial charge in [-0.3, -0.25) is 4.79 Å². The van der Waals surface area contributed by atoms with E-state index in [4.69, 9.17) is 4.52 Å². The van der Waals surface area contributed by atoms with Crippen LogP contribution in [0.2, 0.25) is 0 Å². The van der Waals surface area contributed by atoms with Crippen LogP contribution < -0.4 is 5.32 Å². The number of aliphatic hydroxyl groups excluding tert-OH is 1. The Bertz CT molecular complexity index is 800. The third-order valence-electron chi connectivity index (χ3n) is 3.75. The number of benzene rings is 2. The molecule has 3 rings (SSSR count). The number of hydrogen-bond acceptors (Lipinski definition) is 4. The Morgan fingerprint density at radius 2 is 1.62 bits per heavy atom. The van der Waals surface area contributed by atoms with Gasteiger partial charge >= 0.3 is 0 Å². The monoisotopic (exact) mass is 322 g/mol. The molecule has 1 amide bonds. The molecule has 2 aromatic carbocycles. The summed E-state index contributed by atoms with van der Waals surface area (Å²) in [4.78, 5) is 12.4. The lowest BCUT2D eigenvalue weighted by Gasteiger charge is -2.24. The van der Waals surface area contributed by atoms with Gasteiger partial charge in [0, 0.05) is 6.07 Å². The molecule has 24 heavy (non-hydrogen) atoms. The molecule has 0 bridgehead atoms. The Kier molecular flexibility index (Phi) is 4.72. The van der Waals surface area contributed by atoms with Crippen LogP contribution in [0.5, 0.6) is 0 Å². The maximum atomic E-state index is 12.4. The molecule has 3 aromatic rings. The molecule has 1 heterocycles. The first-order chi connectivity index (χ1) is 11.6. The molecule has 5 heteroatoms. The molecule has 0 aliphatic heterocycles. The lowest BCUT2D eigenvalue weighted by molar-refractivity contribution is 0.0798. The van der Waals surface area contributed by atoms with Crippen molar-refractivity contribution in [3.8, 4) is 0 Å². The van der Waals surface area contributed by atoms with E-state index in [2.05, 4.69) is 10.5 Å². The Morgan fingerprint density at radius 1 is 1.04 bits per heavy atom. The van der Waals surface area contributed by atoms with Gasteiger partial charge in [-0.2, -0.15) is 0 Å². The molecular weight excluding hydrogens is 304 g/mol. The van der Waals surface area contributed by atoms with Crippen molar-refractivity contribution in [1.82, 2.24) is 10.5 Å². The van der Waals surface area contributed by atoms with Gasteiger partial charge in [-0.05, 0) is 18.1 Å². The topological polar surface area (TPSA) is 75.4 Å². The summed E-state index contributed by atoms with van der Waals surface area (Å²) >= 11 is 0. The molecule has 0 radical (unpaired) electrons. The van der Waals surface area contributed by atoms with Crippen molar-refractivity contribution in [3.05, 3.63) is 89.3 Å². The van der Waals surface area contributed by atoms with Crippen LogP contribution in [0.25, 0.3) is 0 Å². The molecule has 0 saturated carbocycles. The minimum atomic E-state index is -0.887. The highest BCUT2D eigenvalue weighted by molar-refractivity contribution is 5.91. The Balaban J connectivity index is 1.89. The van der Waals surface area contributed by atoms with E-state index in [-0.39, 0.29) is 5.76 Å². The number of carbonyl (C=O) groups is 1. The maximum Gasteiger partial charge on any atom is 0.290 e. The highest BCUT2D eigenvalue weighted by atomic mass is 16.5. The third kappa shape index (κ3) is 3.52. The van der Waals surface area contributed by atoms with Crippen LogP contribution in [-0.4, -0.2) is 16.2 Å². The zero-order chi connectivity index (χ0) is 16.9. The van der Waals surface area contributed by atoms with Crippen LogP contribution in [0, 0.1) is 6.92 Å². The van der Waals surface area contributed by atoms with Crippen LogP contribution in [-0.2, 0) is 0 Å². The normalized spacial score (nSPS) is 13.2. The van der Waals surface area contributed by atoms with Crippen LogP contribution in [0.1, 0.15) is 39.5 Å². The van der Waals surface area contributed by atoms with Gasteiger partial charge in [0.1, 0.15) is 6.10 Å². The summed E-state index contributed by atoms with van der Waals surface area (Å²) in [6, 6.07) is 19.5. The number of nitrogens with one attached hydrogen (secondary N) is 1. The molecule has 0 unspecified atom stereocenters. The van der Waals surface area contributed by atoms with E-state index in [1.54, 1.807) is 13.0 Å². The van der Waals surface area contributed by atoms with Crippen molar-refractivity contribution in [3.63, 3.8) is 0 Å². The molecule has 0 aliphatic carbocycles. The van der Waals surface area contributed by atoms with Gasteiger partial charge < -0.3 is 14.9 Å². The van der Waals surface area contributed by atoms with E-state index < -0.39 is 18.1 Å². The molecular formula is C19H18N2O3. The smallest absolute Gasteiger partial charge is 0.290 e. The van der Waals surface area contributed by atoms with Crippen molar-refractivity contribution in [1.29, 1.82) is 0 Å². The summed E-state index contributed by atoms with van der Waals surface area (Å²) in [7, 11) is 0. The molecule has 0 fully saturated rings. The predicted octanol–water partition coefficient (Wildman–Crippen LogP) is 3.19. The predicted molar refractivity (Wildman–Crippen MR) is 89.3 cm³/mol. The first kappa shape index (κ1) is 16.0. The van der Waals surface area contributed by atoms with Crippen molar-refractivity contribution in [2.45, 2.75) is 19.1 Å². The van der Waals surface area contributed by atoms with E-state index in [0.29, 0.717) is 5.69 Å². The number of hydrogen-bond donors (Lipinski definition) is 2. The zero-order valence-electron chi connectivity index (χ0n) is 13.2. The Morgan fingerprint density at radius 3 is 2.17 bits per heavy atom. The van der Waals surface area contributed by atoms with Gasteiger partial charge in [0.2, 0.25) is 5.76 Å². The summed E-state index contributed by atoms with van der Waals surface area (Å²) in [6.45, 7) is 1.74. The summed E-state index contributed by atoms with van der Waals surface area (Å²) in [5.41, 5.74) is 2.15. The molecule has 2 N–H and O–H groups in total. The van der Waals surface area contributed by atoms with E-state index in [1.807, 2.05) is 60.7 Å². The summed E-state index contributed by atoms with van der Waals surface area (Å²) in [5, 5.41) is 17.3. The number of aryl methyl sites for hydroxylation is 1. The van der Waals surface area contributed by atoms with E-state index >= 15 is 0 Å². The fourth-order valence-electron chi connectivity index (χ4n) is 2.53. The molecule has 5 nitrogen and oxygen atoms in total. The Hall–Kier alpha value is -2.92. The minimum Gasteiger partial charge on any atom is -0.386 e. The molecule has 122 valence electrons. The van der Waals surface area contributed by atoms with Crippen molar-refractivity contribution < 1.29 is 14.4 Å². The van der Waals surface area contributed by atoms with Gasteiger partial charge in [0.25, 0.3) is 5.91 Å². The molecule has 1 aromatic heterocycles. The number of aliphatic hydroxyl groups is 1. The average Bonchev–Trinajstić information content (AvgIpc) is 3.07. The molecule has 0 aliphatic rings. The fraction of sp³-hybridized carbons (Fsp3) is 0.158. The van der Waals surface area contributed by atoms with Crippen molar-refractivity contribution in [2.24, 2.45) is 0 Å². The van der Waals surface area contributed by atoms with Crippen LogP contribution in [0.4, 0.5) is 0 Å². The van der Waals surface area contributed by atoms with Crippen LogP contribution in [0.3, 0.4) is 0 Å². The second-order valence-electron chi connectivity index (χ2n) is 5.55. The van der Waals surface area contributed by atoms with E-state index in [1.165, 1.54) is 0 Å². The van der Waals surface area contributed by atoms with Crippen LogP contribution in [0.15, 0.2) is 71.3 Å². The highest BCUT2D eigenvalue weighted by Crippen LogP contribution is 2.29. The van der Waals surface area contributed by atoms with Gasteiger partial charge in [0.15, 0.2) is 0 Å². The summed E-state index contributed by atoms with van der Waals surface area (Å²) in [6.07, 6.45) is -0.887. The zero-order valence-corrected chi connectivity index (χ0v) is 13.2. The third-order valence-corrected chi connectivity index (χ3v) is 3.75. The number of rotatable bonds is 5. The first-order valence-electron chi connectivity index (χ1n) is 7.67. The summed E-state index contributed by atoms with van der Waals surface area (Å²) < 4.78 is 5.00. The number of nitrogens with zero attached hydrogens (tertiary/aromatic N) is 1. The number of carbonyl (C=O) groups excluding carboxylic acids is 1. The maximum absolute atomic E-state index is 12.4. The minimum absolute atomic E-state index is 0.119. The molecule has 0 saturated heterocycles. The van der Waals surface area contributed by atoms with E-state index in [9.17, 15) is 9.90 Å². The van der Waals surface area contributed by atoms with Gasteiger partial charge in [-0.1, -0.05) is 65.8 Å². The second-order valence-corrected chi connectivity index (χ2v) is 5.55.